The molecule has 2 nitrogen and oxygen atoms in total. The molecule has 4 atom stereocenters. The molecule has 1 N–H and O–H groups in total. The van der Waals surface area contributed by atoms with Crippen LogP contribution in [0.3, 0.4) is 0 Å². The molecule has 0 spiro atoms. The van der Waals surface area contributed by atoms with Gasteiger partial charge in [0, 0.05) is 18.6 Å². The van der Waals surface area contributed by atoms with Gasteiger partial charge in [-0.05, 0) is 50.1 Å². The first-order chi connectivity index (χ1) is 7.95. The molecular formula is C15H30N2. The minimum Gasteiger partial charge on any atom is -0.315 e. The highest BCUT2D eigenvalue weighted by Crippen LogP contribution is 2.41. The van der Waals surface area contributed by atoms with Crippen LogP contribution in [-0.2, 0) is 0 Å². The molecule has 100 valence electrons. The van der Waals surface area contributed by atoms with E-state index in [0.29, 0.717) is 11.5 Å². The molecule has 4 unspecified atom stereocenters. The molecule has 0 amide bonds. The Morgan fingerprint density at radius 3 is 2.41 bits per heavy atom. The fourth-order valence-electron chi connectivity index (χ4n) is 3.94. The normalized spacial score (nSPS) is 42.9. The lowest BCUT2D eigenvalue weighted by Crippen LogP contribution is -2.53. The topological polar surface area (TPSA) is 15.3 Å². The summed E-state index contributed by atoms with van der Waals surface area (Å²) in [6.07, 6.45) is 4.12. The number of likely N-dealkylation sites (N-methyl/N-ethyl adjacent to an activating group) is 1. The van der Waals surface area contributed by atoms with Gasteiger partial charge < -0.3 is 5.32 Å². The van der Waals surface area contributed by atoms with E-state index in [-0.39, 0.29) is 0 Å². The first kappa shape index (κ1) is 13.4. The first-order valence-corrected chi connectivity index (χ1v) is 7.37. The van der Waals surface area contributed by atoms with Crippen LogP contribution in [0.5, 0.6) is 0 Å². The molecule has 1 heterocycles. The van der Waals surface area contributed by atoms with E-state index in [4.69, 9.17) is 0 Å². The van der Waals surface area contributed by atoms with Gasteiger partial charge in [-0.25, -0.2) is 0 Å². The SMILES string of the molecule is CNC1C(N2CCC(C)C(C)C2)CCC1(C)C. The second kappa shape index (κ2) is 4.89. The highest BCUT2D eigenvalue weighted by atomic mass is 15.2. The summed E-state index contributed by atoms with van der Waals surface area (Å²) in [6.45, 7) is 12.3. The van der Waals surface area contributed by atoms with Gasteiger partial charge in [0.05, 0.1) is 0 Å². The highest BCUT2D eigenvalue weighted by molar-refractivity contribution is 5.01. The predicted molar refractivity (Wildman–Crippen MR) is 74.2 cm³/mol. The summed E-state index contributed by atoms with van der Waals surface area (Å²) in [7, 11) is 2.14. The summed E-state index contributed by atoms with van der Waals surface area (Å²) >= 11 is 0. The Kier molecular flexibility index (Phi) is 3.84. The van der Waals surface area contributed by atoms with E-state index in [1.54, 1.807) is 0 Å². The van der Waals surface area contributed by atoms with Crippen LogP contribution in [-0.4, -0.2) is 37.1 Å². The van der Waals surface area contributed by atoms with Crippen LogP contribution >= 0.6 is 0 Å². The summed E-state index contributed by atoms with van der Waals surface area (Å²) in [5, 5.41) is 3.59. The number of hydrogen-bond donors (Lipinski definition) is 1. The van der Waals surface area contributed by atoms with Crippen molar-refractivity contribution >= 4 is 0 Å². The lowest BCUT2D eigenvalue weighted by Gasteiger charge is -2.42. The van der Waals surface area contributed by atoms with Gasteiger partial charge in [-0.1, -0.05) is 27.7 Å². The summed E-state index contributed by atoms with van der Waals surface area (Å²) < 4.78 is 0. The molecule has 1 aliphatic heterocycles. The maximum absolute atomic E-state index is 3.59. The second-order valence-electron chi connectivity index (χ2n) is 7.10. The van der Waals surface area contributed by atoms with Crippen molar-refractivity contribution in [2.24, 2.45) is 17.3 Å². The maximum atomic E-state index is 3.59. The van der Waals surface area contributed by atoms with Crippen molar-refractivity contribution in [1.82, 2.24) is 10.2 Å². The van der Waals surface area contributed by atoms with Crippen LogP contribution < -0.4 is 5.32 Å². The zero-order valence-electron chi connectivity index (χ0n) is 12.3. The van der Waals surface area contributed by atoms with Crippen LogP contribution in [0, 0.1) is 17.3 Å². The summed E-state index contributed by atoms with van der Waals surface area (Å²) in [6, 6.07) is 1.44. The molecule has 0 aromatic heterocycles. The lowest BCUT2D eigenvalue weighted by molar-refractivity contribution is 0.0757. The van der Waals surface area contributed by atoms with Gasteiger partial charge >= 0.3 is 0 Å². The van der Waals surface area contributed by atoms with Gasteiger partial charge in [0.25, 0.3) is 0 Å². The standard InChI is InChI=1S/C15H30N2/c1-11-7-9-17(10-12(11)2)13-6-8-15(3,4)14(13)16-5/h11-14,16H,6-10H2,1-5H3. The van der Waals surface area contributed by atoms with Crippen molar-refractivity contribution in [1.29, 1.82) is 0 Å². The summed E-state index contributed by atoms with van der Waals surface area (Å²) in [5.41, 5.74) is 0.464. The molecular weight excluding hydrogens is 208 g/mol. The first-order valence-electron chi connectivity index (χ1n) is 7.37. The molecule has 1 aliphatic carbocycles. The van der Waals surface area contributed by atoms with E-state index < -0.39 is 0 Å². The Balaban J connectivity index is 2.03. The third-order valence-electron chi connectivity index (χ3n) is 5.46. The van der Waals surface area contributed by atoms with E-state index in [9.17, 15) is 0 Å². The second-order valence-corrected chi connectivity index (χ2v) is 7.10. The van der Waals surface area contributed by atoms with Gasteiger partial charge in [0.2, 0.25) is 0 Å². The number of nitrogens with one attached hydrogen (secondary N) is 1. The molecule has 1 saturated carbocycles. The van der Waals surface area contributed by atoms with Crippen LogP contribution in [0.15, 0.2) is 0 Å². The Bertz CT molecular complexity index is 262. The smallest absolute Gasteiger partial charge is 0.0271 e. The summed E-state index contributed by atoms with van der Waals surface area (Å²) in [5.74, 6) is 1.78. The van der Waals surface area contributed by atoms with Crippen LogP contribution in [0.2, 0.25) is 0 Å². The average Bonchev–Trinajstić information content (AvgIpc) is 2.57. The van der Waals surface area contributed by atoms with Gasteiger partial charge in [0.1, 0.15) is 0 Å². The van der Waals surface area contributed by atoms with Crippen molar-refractivity contribution in [3.63, 3.8) is 0 Å². The zero-order chi connectivity index (χ0) is 12.6. The maximum Gasteiger partial charge on any atom is 0.0271 e. The number of nitrogens with zero attached hydrogens (tertiary/aromatic N) is 1. The van der Waals surface area contributed by atoms with Crippen LogP contribution in [0.4, 0.5) is 0 Å². The third kappa shape index (κ3) is 2.53. The van der Waals surface area contributed by atoms with Gasteiger partial charge in [-0.2, -0.15) is 0 Å². The van der Waals surface area contributed by atoms with Gasteiger partial charge in [-0.3, -0.25) is 4.90 Å². The molecule has 17 heavy (non-hydrogen) atoms. The number of rotatable bonds is 2. The van der Waals surface area contributed by atoms with E-state index in [1.165, 1.54) is 32.4 Å². The predicted octanol–water partition coefficient (Wildman–Crippen LogP) is 2.74. The largest absolute Gasteiger partial charge is 0.315 e. The number of likely N-dealkylation sites (tertiary alicyclic amines) is 1. The Labute approximate surface area is 107 Å². The average molecular weight is 238 g/mol. The van der Waals surface area contributed by atoms with Crippen molar-refractivity contribution in [3.8, 4) is 0 Å². The van der Waals surface area contributed by atoms with Crippen molar-refractivity contribution < 1.29 is 0 Å². The van der Waals surface area contributed by atoms with Crippen LogP contribution in [0.25, 0.3) is 0 Å². The van der Waals surface area contributed by atoms with Gasteiger partial charge in [0.15, 0.2) is 0 Å². The van der Waals surface area contributed by atoms with Crippen molar-refractivity contribution in [2.75, 3.05) is 20.1 Å². The fraction of sp³-hybridized carbons (Fsp3) is 1.00. The van der Waals surface area contributed by atoms with Crippen LogP contribution in [0.1, 0.15) is 47.0 Å². The van der Waals surface area contributed by atoms with E-state index in [2.05, 4.69) is 45.0 Å². The van der Waals surface area contributed by atoms with Crippen molar-refractivity contribution in [2.45, 2.75) is 59.0 Å². The Hall–Kier alpha value is -0.0800. The minimum atomic E-state index is 0.464. The lowest BCUT2D eigenvalue weighted by atomic mass is 9.84. The van der Waals surface area contributed by atoms with Crippen molar-refractivity contribution in [3.05, 3.63) is 0 Å². The molecule has 2 heteroatoms. The molecule has 1 saturated heterocycles. The quantitative estimate of drug-likeness (QED) is 0.796. The molecule has 0 bridgehead atoms. The molecule has 2 fully saturated rings. The third-order valence-corrected chi connectivity index (χ3v) is 5.46. The summed E-state index contributed by atoms with van der Waals surface area (Å²) in [4.78, 5) is 2.76. The number of piperidine rings is 1. The molecule has 2 rings (SSSR count). The minimum absolute atomic E-state index is 0.464. The molecule has 2 aliphatic rings. The Morgan fingerprint density at radius 1 is 1.12 bits per heavy atom. The fourth-order valence-corrected chi connectivity index (χ4v) is 3.94. The zero-order valence-corrected chi connectivity index (χ0v) is 12.3. The molecule has 0 aromatic carbocycles. The molecule has 0 radical (unpaired) electrons. The number of hydrogen-bond acceptors (Lipinski definition) is 2. The van der Waals surface area contributed by atoms with E-state index >= 15 is 0 Å². The molecule has 0 aromatic rings. The van der Waals surface area contributed by atoms with Gasteiger partial charge in [-0.15, -0.1) is 0 Å². The van der Waals surface area contributed by atoms with E-state index in [1.807, 2.05) is 0 Å². The Morgan fingerprint density at radius 2 is 1.82 bits per heavy atom. The highest BCUT2D eigenvalue weighted by Gasteiger charge is 2.44. The monoisotopic (exact) mass is 238 g/mol. The van der Waals surface area contributed by atoms with E-state index in [0.717, 1.165) is 17.9 Å².